The van der Waals surface area contributed by atoms with Gasteiger partial charge in [-0.25, -0.2) is 0 Å². The van der Waals surface area contributed by atoms with E-state index in [9.17, 15) is 4.79 Å². The Hall–Kier alpha value is 0.279. The second kappa shape index (κ2) is 4.68. The summed E-state index contributed by atoms with van der Waals surface area (Å²) < 4.78 is -1.22. The van der Waals surface area contributed by atoms with E-state index >= 15 is 0 Å². The van der Waals surface area contributed by atoms with Crippen molar-refractivity contribution in [3.8, 4) is 0 Å². The van der Waals surface area contributed by atoms with Gasteiger partial charge >= 0.3 is 97.8 Å². The van der Waals surface area contributed by atoms with Crippen molar-refractivity contribution in [1.29, 1.82) is 0 Å². The van der Waals surface area contributed by atoms with Gasteiger partial charge in [-0.15, -0.1) is 0 Å². The molecule has 5 heteroatoms. The van der Waals surface area contributed by atoms with Gasteiger partial charge in [-0.2, -0.15) is 0 Å². The molecule has 0 heterocycles. The van der Waals surface area contributed by atoms with Gasteiger partial charge in [0, 0.05) is 0 Å². The van der Waals surface area contributed by atoms with E-state index in [0.29, 0.717) is 0 Å². The van der Waals surface area contributed by atoms with Crippen LogP contribution in [0.25, 0.3) is 0 Å². The van der Waals surface area contributed by atoms with Gasteiger partial charge in [0.1, 0.15) is 0 Å². The summed E-state index contributed by atoms with van der Waals surface area (Å²) >= 11 is 15.9. The first-order valence-electron chi connectivity index (χ1n) is 3.34. The van der Waals surface area contributed by atoms with Crippen molar-refractivity contribution < 1.29 is 4.79 Å². The van der Waals surface area contributed by atoms with Crippen LogP contribution in [0.1, 0.15) is 0 Å². The van der Waals surface area contributed by atoms with E-state index in [2.05, 4.69) is 0 Å². The zero-order chi connectivity index (χ0) is 9.90. The summed E-state index contributed by atoms with van der Waals surface area (Å²) in [4.78, 5) is 11.3. The van der Waals surface area contributed by atoms with Crippen molar-refractivity contribution in [2.45, 2.75) is 3.79 Å². The van der Waals surface area contributed by atoms with Crippen LogP contribution >= 0.6 is 34.8 Å². The van der Waals surface area contributed by atoms with Gasteiger partial charge in [-0.1, -0.05) is 0 Å². The Morgan fingerprint density at radius 3 is 2.15 bits per heavy atom. The molecule has 0 aromatic heterocycles. The summed E-state index contributed by atoms with van der Waals surface area (Å²) in [6, 6.07) is 9.26. The van der Waals surface area contributed by atoms with Crippen LogP contribution in [0.5, 0.6) is 0 Å². The quantitative estimate of drug-likeness (QED) is 0.602. The molecule has 0 unspecified atom stereocenters. The van der Waals surface area contributed by atoms with Gasteiger partial charge in [-0.05, 0) is 0 Å². The Morgan fingerprint density at radius 1 is 1.15 bits per heavy atom. The summed E-state index contributed by atoms with van der Waals surface area (Å²) in [5, 5.41) is 0. The molecular weight excluding hydrogens is 297 g/mol. The molecule has 0 aliphatic carbocycles. The number of rotatable bonds is 2. The Kier molecular flexibility index (Phi) is 4.08. The Morgan fingerprint density at radius 2 is 1.69 bits per heavy atom. The van der Waals surface area contributed by atoms with E-state index in [4.69, 9.17) is 34.8 Å². The number of halogens is 3. The Labute approximate surface area is 97.5 Å². The van der Waals surface area contributed by atoms with E-state index in [-0.39, 0.29) is 4.68 Å². The standard InChI is InChI=1S/C8H5Cl3OSe/c9-8(10,11)7(12)13-6-4-2-1-3-5-6/h1-5H. The zero-order valence-corrected chi connectivity index (χ0v) is 10.3. The average molecular weight is 302 g/mol. The summed E-state index contributed by atoms with van der Waals surface area (Å²) in [6.07, 6.45) is 0. The first-order chi connectivity index (χ1) is 6.00. The molecule has 13 heavy (non-hydrogen) atoms. The van der Waals surface area contributed by atoms with Crippen molar-refractivity contribution in [3.05, 3.63) is 30.3 Å². The van der Waals surface area contributed by atoms with Crippen molar-refractivity contribution in [2.75, 3.05) is 0 Å². The number of carbonyl (C=O) groups excluding carboxylic acids is 1. The molecule has 0 fully saturated rings. The first kappa shape index (κ1) is 11.4. The molecule has 0 bridgehead atoms. The molecule has 0 aliphatic heterocycles. The van der Waals surface area contributed by atoms with E-state index in [1.165, 1.54) is 0 Å². The minimum absolute atomic E-state index is 0.351. The molecule has 70 valence electrons. The van der Waals surface area contributed by atoms with E-state index in [0.717, 1.165) is 4.46 Å². The monoisotopic (exact) mass is 302 g/mol. The number of hydrogen-bond acceptors (Lipinski definition) is 1. The molecule has 0 saturated carbocycles. The summed E-state index contributed by atoms with van der Waals surface area (Å²) in [5.74, 6) is 0. The molecule has 1 aromatic carbocycles. The fourth-order valence-corrected chi connectivity index (χ4v) is 2.56. The minimum atomic E-state index is -1.78. The van der Waals surface area contributed by atoms with E-state index in [1.807, 2.05) is 30.3 Å². The van der Waals surface area contributed by atoms with Crippen LogP contribution in [0.3, 0.4) is 0 Å². The van der Waals surface area contributed by atoms with Crippen LogP contribution in [-0.2, 0) is 4.79 Å². The zero-order valence-electron chi connectivity index (χ0n) is 6.34. The third kappa shape index (κ3) is 3.88. The average Bonchev–Trinajstić information content (AvgIpc) is 2.04. The van der Waals surface area contributed by atoms with Crippen LogP contribution in [-0.4, -0.2) is 23.4 Å². The fourth-order valence-electron chi connectivity index (χ4n) is 0.653. The van der Waals surface area contributed by atoms with Crippen LogP contribution in [0.15, 0.2) is 30.3 Å². The molecule has 0 saturated heterocycles. The van der Waals surface area contributed by atoms with Crippen molar-refractivity contribution in [1.82, 2.24) is 0 Å². The number of alkyl halides is 3. The molecule has 0 radical (unpaired) electrons. The van der Waals surface area contributed by atoms with Crippen LogP contribution in [0, 0.1) is 0 Å². The van der Waals surface area contributed by atoms with E-state index in [1.54, 1.807) is 0 Å². The molecule has 0 aliphatic rings. The van der Waals surface area contributed by atoms with Crippen molar-refractivity contribution in [2.24, 2.45) is 0 Å². The molecule has 0 amide bonds. The van der Waals surface area contributed by atoms with Crippen molar-refractivity contribution in [3.63, 3.8) is 0 Å². The molecule has 0 N–H and O–H groups in total. The maximum atomic E-state index is 11.3. The van der Waals surface area contributed by atoms with Gasteiger partial charge in [0.25, 0.3) is 0 Å². The Balaban J connectivity index is 2.66. The van der Waals surface area contributed by atoms with Gasteiger partial charge in [0.15, 0.2) is 0 Å². The summed E-state index contributed by atoms with van der Waals surface area (Å²) in [6.45, 7) is 0. The van der Waals surface area contributed by atoms with Gasteiger partial charge in [0.05, 0.1) is 0 Å². The molecule has 1 aromatic rings. The second-order valence-electron chi connectivity index (χ2n) is 2.20. The fraction of sp³-hybridized carbons (Fsp3) is 0.125. The second-order valence-corrected chi connectivity index (χ2v) is 6.68. The topological polar surface area (TPSA) is 17.1 Å². The third-order valence-corrected chi connectivity index (χ3v) is 4.56. The Bertz CT molecular complexity index is 294. The molecule has 0 spiro atoms. The normalized spacial score (nSPS) is 11.3. The van der Waals surface area contributed by atoms with Gasteiger partial charge in [-0.3, -0.25) is 0 Å². The van der Waals surface area contributed by atoms with E-state index < -0.39 is 18.7 Å². The first-order valence-corrected chi connectivity index (χ1v) is 6.19. The number of carbonyl (C=O) groups is 1. The van der Waals surface area contributed by atoms with Gasteiger partial charge < -0.3 is 0 Å². The number of benzene rings is 1. The van der Waals surface area contributed by atoms with Crippen LogP contribution in [0.4, 0.5) is 0 Å². The number of hydrogen-bond donors (Lipinski definition) is 0. The third-order valence-electron chi connectivity index (χ3n) is 1.19. The maximum absolute atomic E-state index is 11.3. The molecule has 1 nitrogen and oxygen atoms in total. The van der Waals surface area contributed by atoms with Gasteiger partial charge in [0.2, 0.25) is 0 Å². The SMILES string of the molecule is O=C([Se]c1ccccc1)C(Cl)(Cl)Cl. The van der Waals surface area contributed by atoms with Crippen LogP contribution in [0.2, 0.25) is 0 Å². The molecule has 1 rings (SSSR count). The predicted molar refractivity (Wildman–Crippen MR) is 57.1 cm³/mol. The summed E-state index contributed by atoms with van der Waals surface area (Å²) in [5.41, 5.74) is 0. The summed E-state index contributed by atoms with van der Waals surface area (Å²) in [7, 11) is 0. The van der Waals surface area contributed by atoms with Crippen LogP contribution < -0.4 is 4.46 Å². The molecule has 0 atom stereocenters. The predicted octanol–water partition coefficient (Wildman–Crippen LogP) is 1.91. The van der Waals surface area contributed by atoms with Crippen molar-refractivity contribution >= 4 is 58.9 Å². The molecular formula is C8H5Cl3OSe.